The standard InChI is InChI=1S/C23H31N3O5/c1-30-16-9-10-19(31-2)17(15-16)18-7-5-13-25(18)20(27)8-6-14-26-21(28)23(24-22(26)29)11-3-4-12-23/h9-10,15,18H,3-8,11-14H2,1-2H3,(H,24,29). The molecule has 3 aliphatic rings. The first kappa shape index (κ1) is 21.5. The monoisotopic (exact) mass is 429 g/mol. The zero-order chi connectivity index (χ0) is 22.0. The van der Waals surface area contributed by atoms with Crippen LogP contribution in [0.25, 0.3) is 0 Å². The molecule has 31 heavy (non-hydrogen) atoms. The number of imide groups is 1. The first-order valence-corrected chi connectivity index (χ1v) is 11.1. The summed E-state index contributed by atoms with van der Waals surface area (Å²) in [5.74, 6) is 1.39. The molecule has 2 aliphatic heterocycles. The van der Waals surface area contributed by atoms with Crippen molar-refractivity contribution >= 4 is 17.8 Å². The number of benzene rings is 1. The van der Waals surface area contributed by atoms with Crippen LogP contribution in [-0.2, 0) is 9.59 Å². The van der Waals surface area contributed by atoms with Crippen LogP contribution in [0.5, 0.6) is 11.5 Å². The minimum Gasteiger partial charge on any atom is -0.497 e. The van der Waals surface area contributed by atoms with Gasteiger partial charge in [0.25, 0.3) is 5.91 Å². The smallest absolute Gasteiger partial charge is 0.325 e. The van der Waals surface area contributed by atoms with Gasteiger partial charge in [-0.05, 0) is 50.3 Å². The van der Waals surface area contributed by atoms with E-state index in [9.17, 15) is 14.4 Å². The van der Waals surface area contributed by atoms with Crippen LogP contribution in [-0.4, -0.2) is 60.5 Å². The quantitative estimate of drug-likeness (QED) is 0.673. The third-order valence-electron chi connectivity index (χ3n) is 6.84. The molecule has 3 fully saturated rings. The van der Waals surface area contributed by atoms with Crippen molar-refractivity contribution < 1.29 is 23.9 Å². The van der Waals surface area contributed by atoms with Gasteiger partial charge in [-0.2, -0.15) is 0 Å². The summed E-state index contributed by atoms with van der Waals surface area (Å²) in [5, 5.41) is 2.89. The van der Waals surface area contributed by atoms with Crippen LogP contribution in [0.1, 0.15) is 63.0 Å². The molecular weight excluding hydrogens is 398 g/mol. The van der Waals surface area contributed by atoms with E-state index in [1.165, 1.54) is 4.90 Å². The van der Waals surface area contributed by atoms with E-state index in [2.05, 4.69) is 5.32 Å². The molecule has 1 atom stereocenters. The summed E-state index contributed by atoms with van der Waals surface area (Å²) in [7, 11) is 3.25. The van der Waals surface area contributed by atoms with Crippen LogP contribution in [0.15, 0.2) is 18.2 Å². The van der Waals surface area contributed by atoms with E-state index in [-0.39, 0.29) is 30.4 Å². The number of rotatable bonds is 7. The molecular formula is C23H31N3O5. The number of nitrogens with one attached hydrogen (secondary N) is 1. The van der Waals surface area contributed by atoms with Crippen molar-refractivity contribution in [3.05, 3.63) is 23.8 Å². The lowest BCUT2D eigenvalue weighted by Crippen LogP contribution is -2.44. The first-order chi connectivity index (χ1) is 15.0. The number of hydrogen-bond donors (Lipinski definition) is 1. The van der Waals surface area contributed by atoms with Crippen molar-refractivity contribution in [2.24, 2.45) is 0 Å². The second-order valence-corrected chi connectivity index (χ2v) is 8.63. The van der Waals surface area contributed by atoms with E-state index >= 15 is 0 Å². The maximum absolute atomic E-state index is 13.0. The van der Waals surface area contributed by atoms with Crippen molar-refractivity contribution in [3.8, 4) is 11.5 Å². The number of nitrogens with zero attached hydrogens (tertiary/aromatic N) is 2. The topological polar surface area (TPSA) is 88.2 Å². The second kappa shape index (κ2) is 8.77. The van der Waals surface area contributed by atoms with E-state index in [0.717, 1.165) is 42.7 Å². The third-order valence-corrected chi connectivity index (χ3v) is 6.84. The average Bonchev–Trinajstić information content (AvgIpc) is 3.50. The van der Waals surface area contributed by atoms with Gasteiger partial charge in [0, 0.05) is 25.1 Å². The lowest BCUT2D eigenvalue weighted by molar-refractivity contribution is -0.134. The van der Waals surface area contributed by atoms with E-state index in [4.69, 9.17) is 9.47 Å². The Kier molecular flexibility index (Phi) is 6.07. The third kappa shape index (κ3) is 3.95. The summed E-state index contributed by atoms with van der Waals surface area (Å²) >= 11 is 0. The molecule has 8 heteroatoms. The molecule has 0 radical (unpaired) electrons. The Morgan fingerprint density at radius 2 is 1.94 bits per heavy atom. The number of hydrogen-bond acceptors (Lipinski definition) is 5. The highest BCUT2D eigenvalue weighted by atomic mass is 16.5. The fraction of sp³-hybridized carbons (Fsp3) is 0.609. The highest BCUT2D eigenvalue weighted by Gasteiger charge is 2.52. The van der Waals surface area contributed by atoms with Crippen molar-refractivity contribution in [1.82, 2.24) is 15.1 Å². The minimum absolute atomic E-state index is 0.0370. The van der Waals surface area contributed by atoms with Gasteiger partial charge in [0.15, 0.2) is 0 Å². The number of amides is 4. The number of carbonyl (C=O) groups is 3. The van der Waals surface area contributed by atoms with Gasteiger partial charge in [0.2, 0.25) is 5.91 Å². The van der Waals surface area contributed by atoms with E-state index in [1.54, 1.807) is 14.2 Å². The molecule has 0 bridgehead atoms. The van der Waals surface area contributed by atoms with Crippen LogP contribution in [0.3, 0.4) is 0 Å². The van der Waals surface area contributed by atoms with Gasteiger partial charge in [-0.15, -0.1) is 0 Å². The largest absolute Gasteiger partial charge is 0.497 e. The number of likely N-dealkylation sites (tertiary alicyclic amines) is 1. The van der Waals surface area contributed by atoms with Crippen LogP contribution in [0.4, 0.5) is 4.79 Å². The highest BCUT2D eigenvalue weighted by molar-refractivity contribution is 6.07. The molecule has 1 N–H and O–H groups in total. The molecule has 1 aromatic rings. The predicted molar refractivity (Wildman–Crippen MR) is 114 cm³/mol. The molecule has 8 nitrogen and oxygen atoms in total. The lowest BCUT2D eigenvalue weighted by atomic mass is 9.98. The maximum Gasteiger partial charge on any atom is 0.325 e. The van der Waals surface area contributed by atoms with Crippen molar-refractivity contribution in [3.63, 3.8) is 0 Å². The SMILES string of the molecule is COc1ccc(OC)c(C2CCCN2C(=O)CCCN2C(=O)NC3(CCCC3)C2=O)c1. The molecule has 4 rings (SSSR count). The predicted octanol–water partition coefficient (Wildman–Crippen LogP) is 3.01. The first-order valence-electron chi connectivity index (χ1n) is 11.1. The second-order valence-electron chi connectivity index (χ2n) is 8.63. The van der Waals surface area contributed by atoms with Gasteiger partial charge in [-0.1, -0.05) is 12.8 Å². The number of ether oxygens (including phenoxy) is 2. The summed E-state index contributed by atoms with van der Waals surface area (Å²) in [4.78, 5) is 41.3. The molecule has 1 aromatic carbocycles. The fourth-order valence-corrected chi connectivity index (χ4v) is 5.22. The minimum atomic E-state index is -0.690. The number of urea groups is 1. The lowest BCUT2D eigenvalue weighted by Gasteiger charge is -2.27. The normalized spacial score (nSPS) is 22.3. The highest BCUT2D eigenvalue weighted by Crippen LogP contribution is 2.39. The Bertz CT molecular complexity index is 865. The van der Waals surface area contributed by atoms with Crippen molar-refractivity contribution in [1.29, 1.82) is 0 Å². The van der Waals surface area contributed by atoms with E-state index < -0.39 is 5.54 Å². The van der Waals surface area contributed by atoms with Crippen LogP contribution in [0.2, 0.25) is 0 Å². The van der Waals surface area contributed by atoms with Gasteiger partial charge >= 0.3 is 6.03 Å². The summed E-state index contributed by atoms with van der Waals surface area (Å²) in [6.07, 6.45) is 5.90. The van der Waals surface area contributed by atoms with Crippen molar-refractivity contribution in [2.45, 2.75) is 62.9 Å². The molecule has 4 amide bonds. The number of methoxy groups -OCH3 is 2. The summed E-state index contributed by atoms with van der Waals surface area (Å²) in [6, 6.07) is 5.27. The Morgan fingerprint density at radius 1 is 1.16 bits per heavy atom. The Labute approximate surface area is 182 Å². The maximum atomic E-state index is 13.0. The molecule has 168 valence electrons. The zero-order valence-electron chi connectivity index (χ0n) is 18.3. The van der Waals surface area contributed by atoms with Gasteiger partial charge in [0.1, 0.15) is 17.0 Å². The number of carbonyl (C=O) groups excluding carboxylic acids is 3. The molecule has 2 heterocycles. The summed E-state index contributed by atoms with van der Waals surface area (Å²) in [6.45, 7) is 0.968. The van der Waals surface area contributed by atoms with E-state index in [1.807, 2.05) is 23.1 Å². The molecule has 0 aromatic heterocycles. The van der Waals surface area contributed by atoms with Gasteiger partial charge in [-0.25, -0.2) is 4.79 Å². The summed E-state index contributed by atoms with van der Waals surface area (Å²) in [5.41, 5.74) is 0.259. The fourth-order valence-electron chi connectivity index (χ4n) is 5.22. The molecule has 1 aliphatic carbocycles. The molecule has 1 spiro atoms. The van der Waals surface area contributed by atoms with Gasteiger partial charge in [-0.3, -0.25) is 14.5 Å². The Morgan fingerprint density at radius 3 is 2.65 bits per heavy atom. The average molecular weight is 430 g/mol. The summed E-state index contributed by atoms with van der Waals surface area (Å²) < 4.78 is 10.9. The van der Waals surface area contributed by atoms with Gasteiger partial charge < -0.3 is 19.7 Å². The van der Waals surface area contributed by atoms with Crippen LogP contribution >= 0.6 is 0 Å². The zero-order valence-corrected chi connectivity index (χ0v) is 18.3. The van der Waals surface area contributed by atoms with Crippen molar-refractivity contribution in [2.75, 3.05) is 27.3 Å². The molecule has 2 saturated heterocycles. The van der Waals surface area contributed by atoms with Crippen LogP contribution in [0, 0.1) is 0 Å². The Balaban J connectivity index is 1.38. The van der Waals surface area contributed by atoms with Gasteiger partial charge in [0.05, 0.1) is 20.3 Å². The Hall–Kier alpha value is -2.77. The molecule has 1 saturated carbocycles. The molecule has 1 unspecified atom stereocenters. The van der Waals surface area contributed by atoms with Crippen LogP contribution < -0.4 is 14.8 Å². The van der Waals surface area contributed by atoms with E-state index in [0.29, 0.717) is 32.2 Å².